The quantitative estimate of drug-likeness (QED) is 0.284. The van der Waals surface area contributed by atoms with Crippen LogP contribution in [0.1, 0.15) is 0 Å². The summed E-state index contributed by atoms with van der Waals surface area (Å²) in [4.78, 5) is 0. The second-order valence-electron chi connectivity index (χ2n) is 7.93. The first-order chi connectivity index (χ1) is 14.2. The fourth-order valence-corrected chi connectivity index (χ4v) is 5.22. The smallest absolute Gasteiger partial charge is 0.145 e. The van der Waals surface area contributed by atoms with Crippen molar-refractivity contribution in [2.75, 3.05) is 0 Å². The molecule has 0 amide bonds. The van der Waals surface area contributed by atoms with Gasteiger partial charge in [0.15, 0.2) is 0 Å². The van der Waals surface area contributed by atoms with E-state index in [-0.39, 0.29) is 0 Å². The second-order valence-corrected chi connectivity index (χ2v) is 7.93. The first-order valence-electron chi connectivity index (χ1n) is 9.92. The molecule has 0 saturated carbocycles. The Bertz CT molecular complexity index is 1780. The molecule has 0 aliphatic heterocycles. The lowest BCUT2D eigenvalue weighted by molar-refractivity contribution is 0.673. The van der Waals surface area contributed by atoms with Gasteiger partial charge in [-0.3, -0.25) is 0 Å². The maximum Gasteiger partial charge on any atom is 0.145 e. The molecule has 7 rings (SSSR count). The van der Waals surface area contributed by atoms with Gasteiger partial charge in [-0.1, -0.05) is 36.4 Å². The summed E-state index contributed by atoms with van der Waals surface area (Å²) in [5.41, 5.74) is 6.90. The van der Waals surface area contributed by atoms with Gasteiger partial charge >= 0.3 is 0 Å². The third-order valence-corrected chi connectivity index (χ3v) is 6.54. The van der Waals surface area contributed by atoms with Crippen LogP contribution in [0.2, 0.25) is 0 Å². The monoisotopic (exact) mass is 374 g/mol. The van der Waals surface area contributed by atoms with E-state index in [1.165, 1.54) is 54.4 Å². The number of aromatic nitrogens is 2. The lowest BCUT2D eigenvalue weighted by Gasteiger charge is -2.01. The summed E-state index contributed by atoms with van der Waals surface area (Å²) in [6.45, 7) is 0. The number of benzene rings is 4. The van der Waals surface area contributed by atoms with Crippen LogP contribution in [-0.2, 0) is 14.1 Å². The molecule has 0 N–H and O–H groups in total. The molecule has 0 fully saturated rings. The number of hydrogen-bond donors (Lipinski definition) is 0. The molecular weight excluding hydrogens is 356 g/mol. The standard InChI is InChI=1S/C26H18N2O/c1-27-19-9-5-3-8-17(19)23-20(27)14-12-18-24-21(28(2)25(18)23)13-11-16-15-7-4-6-10-22(15)29-26(16)24/h3-14H,1-2H3. The van der Waals surface area contributed by atoms with Gasteiger partial charge in [-0.25, -0.2) is 0 Å². The minimum atomic E-state index is 0.943. The summed E-state index contributed by atoms with van der Waals surface area (Å²) in [6.07, 6.45) is 0. The van der Waals surface area contributed by atoms with E-state index in [4.69, 9.17) is 4.42 Å². The van der Waals surface area contributed by atoms with E-state index in [1.807, 2.05) is 6.07 Å². The van der Waals surface area contributed by atoms with Crippen LogP contribution in [0.25, 0.3) is 65.6 Å². The summed E-state index contributed by atoms with van der Waals surface area (Å²) >= 11 is 0. The van der Waals surface area contributed by atoms with Crippen LogP contribution in [0.15, 0.2) is 77.2 Å². The van der Waals surface area contributed by atoms with Gasteiger partial charge in [0.25, 0.3) is 0 Å². The van der Waals surface area contributed by atoms with Gasteiger partial charge in [-0.15, -0.1) is 0 Å². The molecule has 0 atom stereocenters. The highest BCUT2D eigenvalue weighted by molar-refractivity contribution is 6.30. The lowest BCUT2D eigenvalue weighted by atomic mass is 10.1. The molecule has 3 heterocycles. The zero-order chi connectivity index (χ0) is 19.3. The number of hydrogen-bond acceptors (Lipinski definition) is 1. The molecule has 0 bridgehead atoms. The van der Waals surface area contributed by atoms with Crippen LogP contribution >= 0.6 is 0 Å². The van der Waals surface area contributed by atoms with Crippen LogP contribution in [-0.4, -0.2) is 9.13 Å². The van der Waals surface area contributed by atoms with Crippen LogP contribution in [0.4, 0.5) is 0 Å². The molecular formula is C26H18N2O. The summed E-state index contributed by atoms with van der Waals surface area (Å²) < 4.78 is 11.0. The van der Waals surface area contributed by atoms with Crippen molar-refractivity contribution in [1.82, 2.24) is 9.13 Å². The number of furan rings is 1. The van der Waals surface area contributed by atoms with Crippen molar-refractivity contribution in [3.05, 3.63) is 72.8 Å². The molecule has 0 saturated heterocycles. The van der Waals surface area contributed by atoms with E-state index >= 15 is 0 Å². The van der Waals surface area contributed by atoms with Crippen molar-refractivity contribution in [2.45, 2.75) is 0 Å². The van der Waals surface area contributed by atoms with E-state index < -0.39 is 0 Å². The molecule has 3 heteroatoms. The van der Waals surface area contributed by atoms with Crippen LogP contribution in [0.5, 0.6) is 0 Å². The summed E-state index contributed by atoms with van der Waals surface area (Å²) in [6, 6.07) is 25.9. The van der Waals surface area contributed by atoms with Gasteiger partial charge in [0.2, 0.25) is 0 Å². The third-order valence-electron chi connectivity index (χ3n) is 6.54. The average molecular weight is 374 g/mol. The molecule has 0 aliphatic rings. The van der Waals surface area contributed by atoms with Gasteiger partial charge in [0.1, 0.15) is 11.2 Å². The molecule has 0 spiro atoms. The largest absolute Gasteiger partial charge is 0.455 e. The van der Waals surface area contributed by atoms with Crippen molar-refractivity contribution in [2.24, 2.45) is 14.1 Å². The topological polar surface area (TPSA) is 23.0 Å². The van der Waals surface area contributed by atoms with Crippen LogP contribution in [0.3, 0.4) is 0 Å². The Morgan fingerprint density at radius 3 is 2.10 bits per heavy atom. The SMILES string of the molecule is Cn1c2ccccc2c2c1ccc1c3c4oc5ccccc5c4ccc3n(C)c12. The molecule has 138 valence electrons. The highest BCUT2D eigenvalue weighted by Crippen LogP contribution is 2.42. The normalized spacial score (nSPS) is 12.5. The maximum atomic E-state index is 6.37. The van der Waals surface area contributed by atoms with E-state index in [0.717, 1.165) is 11.2 Å². The Morgan fingerprint density at radius 2 is 1.24 bits per heavy atom. The van der Waals surface area contributed by atoms with E-state index in [2.05, 4.69) is 90.0 Å². The summed E-state index contributed by atoms with van der Waals surface area (Å²) in [7, 11) is 4.32. The number of rotatable bonds is 0. The molecule has 3 aromatic heterocycles. The van der Waals surface area contributed by atoms with E-state index in [9.17, 15) is 0 Å². The zero-order valence-electron chi connectivity index (χ0n) is 16.2. The Kier molecular flexibility index (Phi) is 2.63. The van der Waals surface area contributed by atoms with Gasteiger partial charge < -0.3 is 13.6 Å². The van der Waals surface area contributed by atoms with Crippen molar-refractivity contribution in [3.63, 3.8) is 0 Å². The van der Waals surface area contributed by atoms with Crippen molar-refractivity contribution in [3.8, 4) is 0 Å². The highest BCUT2D eigenvalue weighted by atomic mass is 16.3. The van der Waals surface area contributed by atoms with Crippen molar-refractivity contribution in [1.29, 1.82) is 0 Å². The van der Waals surface area contributed by atoms with Gasteiger partial charge in [0.05, 0.1) is 21.9 Å². The predicted molar refractivity (Wildman–Crippen MR) is 122 cm³/mol. The van der Waals surface area contributed by atoms with Crippen molar-refractivity contribution >= 4 is 65.6 Å². The molecule has 29 heavy (non-hydrogen) atoms. The van der Waals surface area contributed by atoms with E-state index in [0.29, 0.717) is 0 Å². The predicted octanol–water partition coefficient (Wildman–Crippen LogP) is 6.88. The Balaban J connectivity index is 1.80. The zero-order valence-corrected chi connectivity index (χ0v) is 16.2. The Hall–Kier alpha value is -3.72. The Labute approximate surface area is 166 Å². The van der Waals surface area contributed by atoms with Gasteiger partial charge in [-0.2, -0.15) is 0 Å². The number of nitrogens with zero attached hydrogens (tertiary/aromatic N) is 2. The Morgan fingerprint density at radius 1 is 0.552 bits per heavy atom. The molecule has 0 radical (unpaired) electrons. The summed E-state index contributed by atoms with van der Waals surface area (Å²) in [5.74, 6) is 0. The lowest BCUT2D eigenvalue weighted by Crippen LogP contribution is -1.88. The molecule has 0 unspecified atom stereocenters. The number of fused-ring (bicyclic) bond motifs is 11. The minimum absolute atomic E-state index is 0.943. The molecule has 7 aromatic rings. The van der Waals surface area contributed by atoms with E-state index in [1.54, 1.807) is 0 Å². The average Bonchev–Trinajstić information content (AvgIpc) is 3.37. The fourth-order valence-electron chi connectivity index (χ4n) is 5.22. The second kappa shape index (κ2) is 5.00. The first kappa shape index (κ1) is 15.2. The minimum Gasteiger partial charge on any atom is -0.455 e. The van der Waals surface area contributed by atoms with Crippen LogP contribution in [0, 0.1) is 0 Å². The summed E-state index contributed by atoms with van der Waals surface area (Å²) in [5, 5.41) is 7.40. The third kappa shape index (κ3) is 1.70. The molecule has 0 aliphatic carbocycles. The number of aryl methyl sites for hydroxylation is 2. The first-order valence-corrected chi connectivity index (χ1v) is 9.92. The fraction of sp³-hybridized carbons (Fsp3) is 0.0769. The molecule has 4 aromatic carbocycles. The van der Waals surface area contributed by atoms with Gasteiger partial charge in [-0.05, 0) is 36.4 Å². The number of para-hydroxylation sites is 2. The maximum absolute atomic E-state index is 6.37. The highest BCUT2D eigenvalue weighted by Gasteiger charge is 2.20. The van der Waals surface area contributed by atoms with Gasteiger partial charge in [0, 0.05) is 46.5 Å². The molecule has 3 nitrogen and oxygen atoms in total. The van der Waals surface area contributed by atoms with Crippen molar-refractivity contribution < 1.29 is 4.42 Å². The van der Waals surface area contributed by atoms with Crippen LogP contribution < -0.4 is 0 Å².